The van der Waals surface area contributed by atoms with Crippen LogP contribution >= 0.6 is 0 Å². The van der Waals surface area contributed by atoms with Gasteiger partial charge in [0.15, 0.2) is 0 Å². The summed E-state index contributed by atoms with van der Waals surface area (Å²) >= 11 is 0. The number of aromatic nitrogens is 1. The lowest BCUT2D eigenvalue weighted by Crippen LogP contribution is -2.54. The highest BCUT2D eigenvalue weighted by molar-refractivity contribution is 5.87. The zero-order chi connectivity index (χ0) is 18.4. The number of hydrogen-bond acceptors (Lipinski definition) is 2. The third-order valence-corrected chi connectivity index (χ3v) is 5.07. The SMILES string of the molecule is CC(CCc1cccn1C)NC(=O)NC(C)C(=O)N1CCCCC1C. The van der Waals surface area contributed by atoms with E-state index in [1.165, 1.54) is 12.1 Å². The maximum atomic E-state index is 12.5. The first-order valence-electron chi connectivity index (χ1n) is 9.36. The Morgan fingerprint density at radius 3 is 2.68 bits per heavy atom. The van der Waals surface area contributed by atoms with Crippen LogP contribution in [0, 0.1) is 0 Å². The van der Waals surface area contributed by atoms with Crippen LogP contribution in [-0.2, 0) is 18.3 Å². The minimum atomic E-state index is -0.499. The van der Waals surface area contributed by atoms with E-state index >= 15 is 0 Å². The van der Waals surface area contributed by atoms with Crippen molar-refractivity contribution in [1.29, 1.82) is 0 Å². The van der Waals surface area contributed by atoms with Crippen LogP contribution in [0.3, 0.4) is 0 Å². The Balaban J connectivity index is 1.74. The Hall–Kier alpha value is -1.98. The number of nitrogens with zero attached hydrogens (tertiary/aromatic N) is 2. The zero-order valence-electron chi connectivity index (χ0n) is 15.9. The molecule has 3 atom stereocenters. The van der Waals surface area contributed by atoms with E-state index in [1.54, 1.807) is 6.92 Å². The standard InChI is InChI=1S/C19H32N4O2/c1-14(10-11-17-9-7-12-22(17)4)20-19(25)21-16(3)18(24)23-13-6-5-8-15(23)2/h7,9,12,14-16H,5-6,8,10-11,13H2,1-4H3,(H2,20,21,25). The van der Waals surface area contributed by atoms with Gasteiger partial charge in [-0.05, 0) is 65.0 Å². The van der Waals surface area contributed by atoms with Gasteiger partial charge in [0.2, 0.25) is 5.91 Å². The molecule has 0 aliphatic carbocycles. The lowest BCUT2D eigenvalue weighted by molar-refractivity contribution is -0.136. The number of rotatable bonds is 6. The first-order valence-corrected chi connectivity index (χ1v) is 9.36. The Kier molecular flexibility index (Phi) is 6.91. The summed E-state index contributed by atoms with van der Waals surface area (Å²) in [5, 5.41) is 5.72. The Labute approximate surface area is 151 Å². The molecule has 0 radical (unpaired) electrons. The smallest absolute Gasteiger partial charge is 0.315 e. The van der Waals surface area contributed by atoms with Crippen molar-refractivity contribution in [2.45, 2.75) is 71.0 Å². The minimum Gasteiger partial charge on any atom is -0.354 e. The van der Waals surface area contributed by atoms with Gasteiger partial charge in [-0.2, -0.15) is 0 Å². The normalized spacial score (nSPS) is 20.0. The van der Waals surface area contributed by atoms with Gasteiger partial charge in [-0.3, -0.25) is 4.79 Å². The van der Waals surface area contributed by atoms with E-state index in [0.717, 1.165) is 32.2 Å². The van der Waals surface area contributed by atoms with Crippen LogP contribution in [-0.4, -0.2) is 46.1 Å². The highest BCUT2D eigenvalue weighted by atomic mass is 16.2. The van der Waals surface area contributed by atoms with E-state index in [2.05, 4.69) is 28.2 Å². The van der Waals surface area contributed by atoms with Gasteiger partial charge in [-0.1, -0.05) is 0 Å². The number of hydrogen-bond donors (Lipinski definition) is 2. The second-order valence-electron chi connectivity index (χ2n) is 7.27. The first-order chi connectivity index (χ1) is 11.9. The molecule has 3 amide bonds. The molecule has 2 heterocycles. The van der Waals surface area contributed by atoms with Crippen molar-refractivity contribution in [1.82, 2.24) is 20.1 Å². The lowest BCUT2D eigenvalue weighted by atomic mass is 10.0. The minimum absolute atomic E-state index is 0.0128. The van der Waals surface area contributed by atoms with Gasteiger partial charge in [-0.15, -0.1) is 0 Å². The predicted molar refractivity (Wildman–Crippen MR) is 99.4 cm³/mol. The molecule has 6 nitrogen and oxygen atoms in total. The molecule has 1 aromatic rings. The molecule has 1 fully saturated rings. The zero-order valence-corrected chi connectivity index (χ0v) is 15.9. The molecule has 1 aliphatic rings. The van der Waals surface area contributed by atoms with Crippen LogP contribution < -0.4 is 10.6 Å². The van der Waals surface area contributed by atoms with Crippen molar-refractivity contribution < 1.29 is 9.59 Å². The number of likely N-dealkylation sites (tertiary alicyclic amines) is 1. The van der Waals surface area contributed by atoms with Gasteiger partial charge < -0.3 is 20.1 Å². The highest BCUT2D eigenvalue weighted by Gasteiger charge is 2.27. The molecule has 1 aliphatic heterocycles. The van der Waals surface area contributed by atoms with Crippen molar-refractivity contribution in [2.24, 2.45) is 7.05 Å². The van der Waals surface area contributed by atoms with E-state index < -0.39 is 6.04 Å². The molecular formula is C19H32N4O2. The first kappa shape index (κ1) is 19.3. The number of carbonyl (C=O) groups is 2. The van der Waals surface area contributed by atoms with Crippen molar-refractivity contribution in [2.75, 3.05) is 6.54 Å². The molecule has 3 unspecified atom stereocenters. The molecule has 2 rings (SSSR count). The topological polar surface area (TPSA) is 66.4 Å². The van der Waals surface area contributed by atoms with E-state index in [1.807, 2.05) is 31.1 Å². The second-order valence-corrected chi connectivity index (χ2v) is 7.27. The van der Waals surface area contributed by atoms with Gasteiger partial charge in [0.05, 0.1) is 0 Å². The van der Waals surface area contributed by atoms with Crippen molar-refractivity contribution >= 4 is 11.9 Å². The number of aryl methyl sites for hydroxylation is 2. The fraction of sp³-hybridized carbons (Fsp3) is 0.684. The molecule has 0 saturated carbocycles. The number of carbonyl (C=O) groups excluding carboxylic acids is 2. The Morgan fingerprint density at radius 2 is 2.04 bits per heavy atom. The Bertz CT molecular complexity index is 584. The van der Waals surface area contributed by atoms with Crippen LogP contribution in [0.25, 0.3) is 0 Å². The summed E-state index contributed by atoms with van der Waals surface area (Å²) in [4.78, 5) is 26.6. The molecular weight excluding hydrogens is 316 g/mol. The quantitative estimate of drug-likeness (QED) is 0.829. The molecule has 1 aromatic heterocycles. The van der Waals surface area contributed by atoms with Gasteiger partial charge in [0, 0.05) is 37.6 Å². The average Bonchev–Trinajstić information content (AvgIpc) is 2.97. The molecule has 0 aromatic carbocycles. The second kappa shape index (κ2) is 8.92. The Morgan fingerprint density at radius 1 is 1.28 bits per heavy atom. The number of urea groups is 1. The fourth-order valence-corrected chi connectivity index (χ4v) is 3.39. The maximum absolute atomic E-state index is 12.5. The van der Waals surface area contributed by atoms with Gasteiger partial charge in [-0.25, -0.2) is 4.79 Å². The largest absolute Gasteiger partial charge is 0.354 e. The monoisotopic (exact) mass is 348 g/mol. The molecule has 0 bridgehead atoms. The molecule has 25 heavy (non-hydrogen) atoms. The predicted octanol–water partition coefficient (Wildman–Crippen LogP) is 2.43. The molecule has 0 spiro atoms. The van der Waals surface area contributed by atoms with Gasteiger partial charge in [0.1, 0.15) is 6.04 Å². The summed E-state index contributed by atoms with van der Waals surface area (Å²) in [7, 11) is 2.02. The summed E-state index contributed by atoms with van der Waals surface area (Å²) in [6.07, 6.45) is 7.05. The van der Waals surface area contributed by atoms with Crippen molar-refractivity contribution in [3.05, 3.63) is 24.0 Å². The van der Waals surface area contributed by atoms with E-state index in [0.29, 0.717) is 0 Å². The number of piperidine rings is 1. The third-order valence-electron chi connectivity index (χ3n) is 5.07. The summed E-state index contributed by atoms with van der Waals surface area (Å²) in [5.41, 5.74) is 1.25. The molecule has 6 heteroatoms. The van der Waals surface area contributed by atoms with Crippen LogP contribution in [0.2, 0.25) is 0 Å². The maximum Gasteiger partial charge on any atom is 0.315 e. The summed E-state index contributed by atoms with van der Waals surface area (Å²) in [6.45, 7) is 6.62. The van der Waals surface area contributed by atoms with Crippen LogP contribution in [0.4, 0.5) is 4.79 Å². The van der Waals surface area contributed by atoms with Crippen molar-refractivity contribution in [3.63, 3.8) is 0 Å². The third kappa shape index (κ3) is 5.51. The summed E-state index contributed by atoms with van der Waals surface area (Å²) in [6, 6.07) is 3.65. The number of amides is 3. The molecule has 2 N–H and O–H groups in total. The number of nitrogens with one attached hydrogen (secondary N) is 2. The summed E-state index contributed by atoms with van der Waals surface area (Å²) in [5.74, 6) is 0.0128. The lowest BCUT2D eigenvalue weighted by Gasteiger charge is -2.35. The summed E-state index contributed by atoms with van der Waals surface area (Å²) < 4.78 is 2.09. The average molecular weight is 348 g/mol. The van der Waals surface area contributed by atoms with E-state index in [4.69, 9.17) is 0 Å². The van der Waals surface area contributed by atoms with Crippen LogP contribution in [0.1, 0.15) is 52.1 Å². The van der Waals surface area contributed by atoms with Crippen molar-refractivity contribution in [3.8, 4) is 0 Å². The molecule has 140 valence electrons. The highest BCUT2D eigenvalue weighted by Crippen LogP contribution is 2.17. The van der Waals surface area contributed by atoms with Gasteiger partial charge >= 0.3 is 6.03 Å². The van der Waals surface area contributed by atoms with E-state index in [-0.39, 0.29) is 24.0 Å². The van der Waals surface area contributed by atoms with E-state index in [9.17, 15) is 9.59 Å². The van der Waals surface area contributed by atoms with Crippen LogP contribution in [0.5, 0.6) is 0 Å². The van der Waals surface area contributed by atoms with Gasteiger partial charge in [0.25, 0.3) is 0 Å². The molecule has 1 saturated heterocycles. The van der Waals surface area contributed by atoms with Crippen LogP contribution in [0.15, 0.2) is 18.3 Å². The fourth-order valence-electron chi connectivity index (χ4n) is 3.39.